The van der Waals surface area contributed by atoms with Crippen LogP contribution in [0.15, 0.2) is 0 Å². The van der Waals surface area contributed by atoms with Gasteiger partial charge in [0.15, 0.2) is 11.6 Å². The first-order chi connectivity index (χ1) is 16.7. The van der Waals surface area contributed by atoms with Crippen LogP contribution in [0.4, 0.5) is 16.0 Å². The van der Waals surface area contributed by atoms with E-state index >= 15 is 4.39 Å². The third kappa shape index (κ3) is 7.37. The fourth-order valence-corrected chi connectivity index (χ4v) is 5.10. The van der Waals surface area contributed by atoms with Crippen molar-refractivity contribution in [1.82, 2.24) is 25.4 Å². The van der Waals surface area contributed by atoms with E-state index in [2.05, 4.69) is 39.6 Å². The van der Waals surface area contributed by atoms with Gasteiger partial charge < -0.3 is 9.80 Å². The van der Waals surface area contributed by atoms with Crippen LogP contribution in [0.3, 0.4) is 0 Å². The second-order valence-corrected chi connectivity index (χ2v) is 10.3. The van der Waals surface area contributed by atoms with Gasteiger partial charge in [0.05, 0.1) is 12.5 Å². The molecule has 2 aliphatic rings. The summed E-state index contributed by atoms with van der Waals surface area (Å²) in [6.07, 6.45) is 6.83. The van der Waals surface area contributed by atoms with Crippen molar-refractivity contribution in [3.05, 3.63) is 11.1 Å². The lowest BCUT2D eigenvalue weighted by atomic mass is 9.92. The third-order valence-electron chi connectivity index (χ3n) is 7.13. The fourth-order valence-electron chi connectivity index (χ4n) is 4.93. The smallest absolute Gasteiger partial charge is 0.243 e. The van der Waals surface area contributed by atoms with E-state index in [1.165, 1.54) is 0 Å². The lowest BCUT2D eigenvalue weighted by Gasteiger charge is -2.31. The van der Waals surface area contributed by atoms with Crippen LogP contribution in [-0.2, 0) is 9.59 Å². The molecule has 1 aromatic heterocycles. The van der Waals surface area contributed by atoms with Crippen LogP contribution in [0.1, 0.15) is 58.8 Å². The number of aromatic nitrogens is 2. The number of likely N-dealkylation sites (N-methyl/N-ethyl adjacent to an activating group) is 1. The van der Waals surface area contributed by atoms with Crippen molar-refractivity contribution in [3.8, 4) is 0 Å². The predicted octanol–water partition coefficient (Wildman–Crippen LogP) is 3.07. The van der Waals surface area contributed by atoms with Gasteiger partial charge in [-0.25, -0.2) is 5.06 Å². The van der Waals surface area contributed by atoms with Crippen molar-refractivity contribution >= 4 is 35.6 Å². The Kier molecular flexibility index (Phi) is 9.88. The van der Waals surface area contributed by atoms with Crippen LogP contribution in [0.5, 0.6) is 0 Å². The minimum atomic E-state index is -0.696. The van der Waals surface area contributed by atoms with Gasteiger partial charge in [-0.1, -0.05) is 25.7 Å². The van der Waals surface area contributed by atoms with E-state index in [9.17, 15) is 14.8 Å². The number of amides is 2. The highest BCUT2D eigenvalue weighted by atomic mass is 35.5. The molecule has 12 heteroatoms. The maximum Gasteiger partial charge on any atom is 0.243 e. The highest BCUT2D eigenvalue weighted by molar-refractivity contribution is 6.28. The second kappa shape index (κ2) is 12.6. The van der Waals surface area contributed by atoms with E-state index in [4.69, 9.17) is 11.6 Å². The maximum absolute atomic E-state index is 15.5. The molecule has 1 aromatic rings. The molecule has 2 amide bonds. The van der Waals surface area contributed by atoms with Gasteiger partial charge in [-0.2, -0.15) is 14.4 Å². The van der Waals surface area contributed by atoms with E-state index in [0.717, 1.165) is 45.1 Å². The highest BCUT2D eigenvalue weighted by Crippen LogP contribution is 2.32. The van der Waals surface area contributed by atoms with Crippen molar-refractivity contribution in [3.63, 3.8) is 0 Å². The Labute approximate surface area is 211 Å². The van der Waals surface area contributed by atoms with E-state index in [-0.39, 0.29) is 35.9 Å². The average Bonchev–Trinajstić information content (AvgIpc) is 3.50. The molecule has 1 saturated heterocycles. The molecule has 2 fully saturated rings. The van der Waals surface area contributed by atoms with Crippen LogP contribution >= 0.6 is 11.6 Å². The summed E-state index contributed by atoms with van der Waals surface area (Å²) in [5.41, 5.74) is 5.04. The Balaban J connectivity index is 1.71. The van der Waals surface area contributed by atoms with Crippen LogP contribution in [-0.4, -0.2) is 76.2 Å². The molecule has 35 heavy (non-hydrogen) atoms. The monoisotopic (exact) mass is 513 g/mol. The van der Waals surface area contributed by atoms with Crippen LogP contribution < -0.4 is 15.8 Å². The van der Waals surface area contributed by atoms with Crippen molar-refractivity contribution in [2.75, 3.05) is 37.0 Å². The van der Waals surface area contributed by atoms with Crippen molar-refractivity contribution in [2.24, 2.45) is 11.8 Å². The van der Waals surface area contributed by atoms with Gasteiger partial charge in [-0.15, -0.1) is 0 Å². The zero-order valence-corrected chi connectivity index (χ0v) is 21.5. The largest absolute Gasteiger partial charge is 0.350 e. The van der Waals surface area contributed by atoms with Gasteiger partial charge in [0.2, 0.25) is 23.4 Å². The van der Waals surface area contributed by atoms with Crippen molar-refractivity contribution < 1.29 is 19.2 Å². The molecule has 2 atom stereocenters. The Bertz CT molecular complexity index is 872. The molecule has 0 aromatic carbocycles. The lowest BCUT2D eigenvalue weighted by molar-refractivity contribution is -0.154. The van der Waals surface area contributed by atoms with E-state index in [1.54, 1.807) is 0 Å². The Morgan fingerprint density at radius 3 is 2.66 bits per heavy atom. The zero-order valence-electron chi connectivity index (χ0n) is 20.7. The molecule has 1 aliphatic heterocycles. The molecule has 0 radical (unpaired) electrons. The van der Waals surface area contributed by atoms with E-state index in [0.29, 0.717) is 30.0 Å². The van der Waals surface area contributed by atoms with Crippen LogP contribution in [0, 0.1) is 17.7 Å². The summed E-state index contributed by atoms with van der Waals surface area (Å²) in [7, 11) is 2.03. The topological polar surface area (TPSA) is 114 Å². The number of halogens is 2. The first kappa shape index (κ1) is 27.3. The Morgan fingerprint density at radius 1 is 1.29 bits per heavy atom. The summed E-state index contributed by atoms with van der Waals surface area (Å²) in [6.45, 7) is 5.47. The van der Waals surface area contributed by atoms with Gasteiger partial charge in [-0.3, -0.25) is 25.6 Å². The van der Waals surface area contributed by atoms with Gasteiger partial charge in [0.1, 0.15) is 0 Å². The molecule has 10 nitrogen and oxygen atoms in total. The minimum Gasteiger partial charge on any atom is -0.350 e. The number of hydroxylamine groups is 2. The number of hydrogen-bond acceptors (Lipinski definition) is 8. The fraction of sp³-hybridized carbons (Fsp3) is 0.739. The SMILES string of the molecule is CC(C)N(C)C[C@@H]1CCCN1c1nc(Cl)nc(NNC(=O)[C@H](CC2CCCC2)CN(O)C=O)c1F. The van der Waals surface area contributed by atoms with Gasteiger partial charge >= 0.3 is 0 Å². The maximum atomic E-state index is 15.5. The van der Waals surface area contributed by atoms with E-state index < -0.39 is 17.6 Å². The number of carbonyl (C=O) groups is 2. The predicted molar refractivity (Wildman–Crippen MR) is 132 cm³/mol. The van der Waals surface area contributed by atoms with Crippen LogP contribution in [0.2, 0.25) is 5.28 Å². The quantitative estimate of drug-likeness (QED) is 0.169. The number of carbonyl (C=O) groups excluding carboxylic acids is 2. The van der Waals surface area contributed by atoms with Gasteiger partial charge in [-0.05, 0) is 57.7 Å². The zero-order chi connectivity index (χ0) is 25.5. The number of rotatable bonds is 12. The molecule has 0 bridgehead atoms. The molecule has 3 N–H and O–H groups in total. The summed E-state index contributed by atoms with van der Waals surface area (Å²) in [5, 5.41) is 9.98. The molecule has 3 rings (SSSR count). The molecular formula is C23H37ClFN7O3. The minimum absolute atomic E-state index is 0.0833. The average molecular weight is 514 g/mol. The van der Waals surface area contributed by atoms with Gasteiger partial charge in [0.25, 0.3) is 0 Å². The van der Waals surface area contributed by atoms with E-state index in [1.807, 2.05) is 11.9 Å². The molecule has 2 heterocycles. The number of hydrazine groups is 1. The molecular weight excluding hydrogens is 477 g/mol. The molecule has 1 saturated carbocycles. The number of nitrogens with one attached hydrogen (secondary N) is 2. The summed E-state index contributed by atoms with van der Waals surface area (Å²) in [4.78, 5) is 36.0. The van der Waals surface area contributed by atoms with Crippen molar-refractivity contribution in [2.45, 2.75) is 70.9 Å². The summed E-state index contributed by atoms with van der Waals surface area (Å²) in [5.74, 6) is -1.60. The highest BCUT2D eigenvalue weighted by Gasteiger charge is 2.32. The van der Waals surface area contributed by atoms with Crippen molar-refractivity contribution in [1.29, 1.82) is 0 Å². The Morgan fingerprint density at radius 2 is 2.00 bits per heavy atom. The number of nitrogens with zero attached hydrogens (tertiary/aromatic N) is 5. The number of hydrogen-bond donors (Lipinski definition) is 3. The van der Waals surface area contributed by atoms with Crippen LogP contribution in [0.25, 0.3) is 0 Å². The number of anilines is 2. The lowest BCUT2D eigenvalue weighted by Crippen LogP contribution is -2.42. The summed E-state index contributed by atoms with van der Waals surface area (Å²) < 4.78 is 15.5. The molecule has 0 spiro atoms. The first-order valence-electron chi connectivity index (χ1n) is 12.4. The normalized spacial score (nSPS) is 19.4. The summed E-state index contributed by atoms with van der Waals surface area (Å²) in [6, 6.07) is 0.440. The molecule has 0 unspecified atom stereocenters. The first-order valence-corrected chi connectivity index (χ1v) is 12.7. The summed E-state index contributed by atoms with van der Waals surface area (Å²) >= 11 is 6.13. The Hall–Kier alpha value is -2.24. The standard InChI is InChI=1S/C23H37ClFN7O3/c1-15(2)30(3)13-18-9-6-10-32(18)21-19(25)20(26-23(24)27-21)28-29-22(34)17(12-31(35)14-33)11-16-7-4-5-8-16/h14-18,35H,4-13H2,1-3H3,(H,29,34)(H,26,27,28)/t17-,18+/m1/s1. The van der Waals surface area contributed by atoms with Gasteiger partial charge in [0, 0.05) is 25.2 Å². The third-order valence-corrected chi connectivity index (χ3v) is 7.30. The second-order valence-electron chi connectivity index (χ2n) is 9.93. The molecule has 196 valence electrons. The molecule has 1 aliphatic carbocycles.